The lowest BCUT2D eigenvalue weighted by molar-refractivity contribution is -0.151. The summed E-state index contributed by atoms with van der Waals surface area (Å²) in [5.41, 5.74) is -0.200. The van der Waals surface area contributed by atoms with E-state index in [1.165, 1.54) is 6.26 Å². The van der Waals surface area contributed by atoms with Crippen LogP contribution in [0, 0.1) is 5.92 Å². The van der Waals surface area contributed by atoms with Gasteiger partial charge in [-0.05, 0) is 36.5 Å². The van der Waals surface area contributed by atoms with E-state index < -0.39 is 23.5 Å². The minimum Gasteiger partial charge on any atom is -0.459 e. The van der Waals surface area contributed by atoms with Crippen LogP contribution in [-0.4, -0.2) is 29.4 Å². The van der Waals surface area contributed by atoms with Crippen molar-refractivity contribution in [2.75, 3.05) is 0 Å². The third-order valence-corrected chi connectivity index (χ3v) is 5.67. The summed E-state index contributed by atoms with van der Waals surface area (Å²) in [6.45, 7) is 3.84. The Kier molecular flexibility index (Phi) is 7.50. The minimum absolute atomic E-state index is 0.138. The van der Waals surface area contributed by atoms with E-state index in [2.05, 4.69) is 10.6 Å². The molecular weight excluding hydrogens is 396 g/mol. The fraction of sp³-hybridized carbons (Fsp3) is 0.458. The van der Waals surface area contributed by atoms with Gasteiger partial charge in [-0.25, -0.2) is 4.79 Å². The molecule has 2 N–H and O–H groups in total. The van der Waals surface area contributed by atoms with Gasteiger partial charge in [0.05, 0.1) is 6.26 Å². The third kappa shape index (κ3) is 5.75. The van der Waals surface area contributed by atoms with Crippen molar-refractivity contribution in [3.63, 3.8) is 0 Å². The average molecular weight is 427 g/mol. The number of amides is 2. The monoisotopic (exact) mass is 426 g/mol. The Labute approximate surface area is 182 Å². The van der Waals surface area contributed by atoms with Gasteiger partial charge in [0, 0.05) is 0 Å². The van der Waals surface area contributed by atoms with Crippen molar-refractivity contribution < 1.29 is 23.5 Å². The number of nitrogens with one attached hydrogen (secondary N) is 2. The first-order chi connectivity index (χ1) is 14.9. The van der Waals surface area contributed by atoms with E-state index in [9.17, 15) is 14.4 Å². The van der Waals surface area contributed by atoms with Gasteiger partial charge in [0.25, 0.3) is 5.91 Å². The van der Waals surface area contributed by atoms with Crippen LogP contribution in [0.2, 0.25) is 0 Å². The van der Waals surface area contributed by atoms with Crippen molar-refractivity contribution in [1.82, 2.24) is 10.6 Å². The molecule has 0 radical (unpaired) electrons. The summed E-state index contributed by atoms with van der Waals surface area (Å²) < 4.78 is 10.6. The van der Waals surface area contributed by atoms with E-state index in [-0.39, 0.29) is 24.2 Å². The van der Waals surface area contributed by atoms with Crippen LogP contribution in [0.5, 0.6) is 0 Å². The Bertz CT molecular complexity index is 871. The molecule has 1 aromatic carbocycles. The SMILES string of the molecule is CC(C)[C@H](NC(=O)C1(NC(=O)c2ccco2)CCCCC1)C(=O)OCc1ccccc1. The molecule has 31 heavy (non-hydrogen) atoms. The highest BCUT2D eigenvalue weighted by atomic mass is 16.5. The Hall–Kier alpha value is -3.09. The Balaban J connectivity index is 1.70. The smallest absolute Gasteiger partial charge is 0.329 e. The molecule has 1 fully saturated rings. The second-order valence-electron chi connectivity index (χ2n) is 8.36. The first-order valence-electron chi connectivity index (χ1n) is 10.8. The molecule has 1 aliphatic carbocycles. The predicted molar refractivity (Wildman–Crippen MR) is 115 cm³/mol. The first kappa shape index (κ1) is 22.6. The van der Waals surface area contributed by atoms with Crippen LogP contribution >= 0.6 is 0 Å². The molecule has 0 unspecified atom stereocenters. The number of carbonyl (C=O) groups excluding carboxylic acids is 3. The molecule has 7 heteroatoms. The van der Waals surface area contributed by atoms with Crippen molar-refractivity contribution in [1.29, 1.82) is 0 Å². The molecule has 2 amide bonds. The molecule has 1 aromatic heterocycles. The standard InChI is InChI=1S/C24H30N2O5/c1-17(2)20(22(28)31-16-18-10-5-3-6-11-18)25-23(29)24(13-7-4-8-14-24)26-21(27)19-12-9-15-30-19/h3,5-6,9-12,15,17,20H,4,7-8,13-14,16H2,1-2H3,(H,25,29)(H,26,27)/t20-/m0/s1. The van der Waals surface area contributed by atoms with Gasteiger partial charge in [0.1, 0.15) is 18.2 Å². The van der Waals surface area contributed by atoms with Gasteiger partial charge in [-0.2, -0.15) is 0 Å². The van der Waals surface area contributed by atoms with Crippen molar-refractivity contribution in [3.05, 3.63) is 60.1 Å². The normalized spacial score (nSPS) is 16.4. The Morgan fingerprint density at radius 2 is 1.74 bits per heavy atom. The second kappa shape index (κ2) is 10.3. The number of hydrogen-bond donors (Lipinski definition) is 2. The maximum Gasteiger partial charge on any atom is 0.329 e. The largest absolute Gasteiger partial charge is 0.459 e. The summed E-state index contributed by atoms with van der Waals surface area (Å²) in [5.74, 6) is -1.30. The molecule has 166 valence electrons. The molecule has 1 aliphatic rings. The summed E-state index contributed by atoms with van der Waals surface area (Å²) in [5, 5.41) is 5.73. The van der Waals surface area contributed by atoms with Gasteiger partial charge >= 0.3 is 5.97 Å². The second-order valence-corrected chi connectivity index (χ2v) is 8.36. The van der Waals surface area contributed by atoms with Crippen molar-refractivity contribution in [3.8, 4) is 0 Å². The van der Waals surface area contributed by atoms with Gasteiger partial charge < -0.3 is 19.8 Å². The zero-order chi connectivity index (χ0) is 22.3. The zero-order valence-corrected chi connectivity index (χ0v) is 18.1. The van der Waals surface area contributed by atoms with Crippen LogP contribution < -0.4 is 10.6 Å². The number of ether oxygens (including phenoxy) is 1. The molecule has 0 saturated heterocycles. The van der Waals surface area contributed by atoms with Crippen LogP contribution in [-0.2, 0) is 20.9 Å². The number of carbonyl (C=O) groups is 3. The fourth-order valence-corrected chi connectivity index (χ4v) is 3.85. The van der Waals surface area contributed by atoms with Gasteiger partial charge in [0.15, 0.2) is 5.76 Å². The van der Waals surface area contributed by atoms with Crippen molar-refractivity contribution in [2.45, 2.75) is 64.1 Å². The molecule has 1 heterocycles. The molecule has 1 saturated carbocycles. The van der Waals surface area contributed by atoms with E-state index in [4.69, 9.17) is 9.15 Å². The lowest BCUT2D eigenvalue weighted by atomic mass is 9.80. The van der Waals surface area contributed by atoms with Gasteiger partial charge in [-0.15, -0.1) is 0 Å². The molecule has 0 spiro atoms. The van der Waals surface area contributed by atoms with E-state index in [1.54, 1.807) is 12.1 Å². The lowest BCUT2D eigenvalue weighted by Crippen LogP contribution is -2.62. The van der Waals surface area contributed by atoms with E-state index >= 15 is 0 Å². The van der Waals surface area contributed by atoms with Gasteiger partial charge in [-0.3, -0.25) is 9.59 Å². The predicted octanol–water partition coefficient (Wildman–Crippen LogP) is 3.60. The maximum absolute atomic E-state index is 13.4. The lowest BCUT2D eigenvalue weighted by Gasteiger charge is -2.37. The minimum atomic E-state index is -1.07. The number of furan rings is 1. The summed E-state index contributed by atoms with van der Waals surface area (Å²) in [6, 6.07) is 11.8. The van der Waals surface area contributed by atoms with Crippen LogP contribution in [0.15, 0.2) is 53.1 Å². The highest BCUT2D eigenvalue weighted by molar-refractivity contribution is 5.98. The Morgan fingerprint density at radius 1 is 1.03 bits per heavy atom. The number of hydrogen-bond acceptors (Lipinski definition) is 5. The topological polar surface area (TPSA) is 97.6 Å². The summed E-state index contributed by atoms with van der Waals surface area (Å²) >= 11 is 0. The average Bonchev–Trinajstić information content (AvgIpc) is 3.32. The highest BCUT2D eigenvalue weighted by Gasteiger charge is 2.43. The molecule has 3 rings (SSSR count). The first-order valence-corrected chi connectivity index (χ1v) is 10.8. The van der Waals surface area contributed by atoms with Crippen molar-refractivity contribution in [2.24, 2.45) is 5.92 Å². The molecule has 2 aromatic rings. The molecule has 0 bridgehead atoms. The Morgan fingerprint density at radius 3 is 2.35 bits per heavy atom. The maximum atomic E-state index is 13.4. The molecular formula is C24H30N2O5. The summed E-state index contributed by atoms with van der Waals surface area (Å²) in [7, 11) is 0. The molecule has 7 nitrogen and oxygen atoms in total. The third-order valence-electron chi connectivity index (χ3n) is 5.67. The van der Waals surface area contributed by atoms with Gasteiger partial charge in [-0.1, -0.05) is 63.4 Å². The van der Waals surface area contributed by atoms with Crippen LogP contribution in [0.1, 0.15) is 62.1 Å². The fourth-order valence-electron chi connectivity index (χ4n) is 3.85. The van der Waals surface area contributed by atoms with Crippen LogP contribution in [0.25, 0.3) is 0 Å². The number of esters is 1. The van der Waals surface area contributed by atoms with E-state index in [0.29, 0.717) is 12.8 Å². The number of benzene rings is 1. The quantitative estimate of drug-likeness (QED) is 0.629. The van der Waals surface area contributed by atoms with Crippen molar-refractivity contribution >= 4 is 17.8 Å². The summed E-state index contributed by atoms with van der Waals surface area (Å²) in [6.07, 6.45) is 5.07. The van der Waals surface area contributed by atoms with Crippen LogP contribution in [0.4, 0.5) is 0 Å². The van der Waals surface area contributed by atoms with Crippen LogP contribution in [0.3, 0.4) is 0 Å². The van der Waals surface area contributed by atoms with Gasteiger partial charge in [0.2, 0.25) is 5.91 Å². The van der Waals surface area contributed by atoms with E-state index in [0.717, 1.165) is 24.8 Å². The highest BCUT2D eigenvalue weighted by Crippen LogP contribution is 2.29. The molecule has 1 atom stereocenters. The molecule has 0 aliphatic heterocycles. The number of rotatable bonds is 8. The van der Waals surface area contributed by atoms with E-state index in [1.807, 2.05) is 44.2 Å². The zero-order valence-electron chi connectivity index (χ0n) is 18.1. The summed E-state index contributed by atoms with van der Waals surface area (Å²) in [4.78, 5) is 38.7.